The Kier molecular flexibility index (Phi) is 7.23. The molecular weight excluding hydrogens is 473 g/mol. The number of aromatic nitrogens is 1. The van der Waals surface area contributed by atoms with E-state index in [1.165, 1.54) is 17.4 Å². The molecule has 0 bridgehead atoms. The fourth-order valence-corrected chi connectivity index (χ4v) is 4.38. The van der Waals surface area contributed by atoms with Crippen molar-refractivity contribution in [2.45, 2.75) is 25.2 Å². The average Bonchev–Trinajstić information content (AvgIpc) is 3.33. The Morgan fingerprint density at radius 2 is 1.66 bits per heavy atom. The topological polar surface area (TPSA) is 68.4 Å². The Hall–Kier alpha value is -3.62. The van der Waals surface area contributed by atoms with E-state index in [9.17, 15) is 18.3 Å². The van der Waals surface area contributed by atoms with E-state index >= 15 is 0 Å². The van der Waals surface area contributed by atoms with Gasteiger partial charge in [-0.25, -0.2) is 4.98 Å². The van der Waals surface area contributed by atoms with Crippen molar-refractivity contribution in [3.8, 4) is 28.1 Å². The van der Waals surface area contributed by atoms with Gasteiger partial charge in [-0.2, -0.15) is 13.2 Å². The quantitative estimate of drug-likeness (QED) is 0.247. The highest BCUT2D eigenvalue weighted by Crippen LogP contribution is 2.39. The molecular formula is C27H23F3N2O2S. The van der Waals surface area contributed by atoms with Gasteiger partial charge in [0.15, 0.2) is 0 Å². The van der Waals surface area contributed by atoms with Crippen molar-refractivity contribution in [3.63, 3.8) is 0 Å². The van der Waals surface area contributed by atoms with Gasteiger partial charge in [0.1, 0.15) is 17.4 Å². The summed E-state index contributed by atoms with van der Waals surface area (Å²) < 4.78 is 47.1. The van der Waals surface area contributed by atoms with Crippen molar-refractivity contribution < 1.29 is 23.0 Å². The first-order valence-corrected chi connectivity index (χ1v) is 11.6. The smallest absolute Gasteiger partial charge is 0.419 e. The molecule has 0 saturated heterocycles. The number of aliphatic hydroxyl groups is 1. The molecule has 0 unspecified atom stereocenters. The molecule has 0 aliphatic carbocycles. The standard InChI is InChI=1S/C27H23F3N2O2S/c1-17(33)13-23(31)26-32-24(16-35-26)21-11-12-25(22(14-21)27(28,29)30)34-15-18-7-9-20(10-8-18)19-5-3-2-4-6-19/h2-12,14,16,23,33H,1,13,15,31H2/t23-/m0/s1. The van der Waals surface area contributed by atoms with E-state index in [0.29, 0.717) is 16.3 Å². The second-order valence-corrected chi connectivity index (χ2v) is 8.90. The fourth-order valence-electron chi connectivity index (χ4n) is 3.55. The van der Waals surface area contributed by atoms with Crippen molar-refractivity contribution >= 4 is 11.3 Å². The maximum absolute atomic E-state index is 13.8. The van der Waals surface area contributed by atoms with Crippen LogP contribution in [0.2, 0.25) is 0 Å². The lowest BCUT2D eigenvalue weighted by Crippen LogP contribution is -2.10. The van der Waals surface area contributed by atoms with E-state index in [1.54, 1.807) is 11.4 Å². The van der Waals surface area contributed by atoms with Gasteiger partial charge in [0, 0.05) is 17.4 Å². The molecule has 1 atom stereocenters. The number of nitrogens with two attached hydrogens (primary N) is 1. The van der Waals surface area contributed by atoms with Crippen molar-refractivity contribution in [2.75, 3.05) is 0 Å². The van der Waals surface area contributed by atoms with Crippen LogP contribution in [0.1, 0.15) is 28.6 Å². The third kappa shape index (κ3) is 6.09. The van der Waals surface area contributed by atoms with Crippen molar-refractivity contribution in [1.82, 2.24) is 4.98 Å². The zero-order chi connectivity index (χ0) is 25.0. The van der Waals surface area contributed by atoms with Gasteiger partial charge in [-0.15, -0.1) is 11.3 Å². The Morgan fingerprint density at radius 3 is 2.31 bits per heavy atom. The Morgan fingerprint density at radius 1 is 1.00 bits per heavy atom. The van der Waals surface area contributed by atoms with Gasteiger partial charge < -0.3 is 15.6 Å². The number of rotatable bonds is 8. The van der Waals surface area contributed by atoms with Gasteiger partial charge >= 0.3 is 6.18 Å². The maximum Gasteiger partial charge on any atom is 0.419 e. The van der Waals surface area contributed by atoms with Gasteiger partial charge in [0.25, 0.3) is 0 Å². The van der Waals surface area contributed by atoms with Gasteiger partial charge in [0.05, 0.1) is 23.1 Å². The zero-order valence-electron chi connectivity index (χ0n) is 18.6. The van der Waals surface area contributed by atoms with E-state index in [0.717, 1.165) is 22.8 Å². The van der Waals surface area contributed by atoms with Crippen molar-refractivity contribution in [3.05, 3.63) is 107 Å². The summed E-state index contributed by atoms with van der Waals surface area (Å²) in [6.07, 6.45) is -4.48. The second kappa shape index (κ2) is 10.3. The van der Waals surface area contributed by atoms with Crippen LogP contribution in [0.15, 0.2) is 90.5 Å². The number of benzene rings is 3. The first-order chi connectivity index (χ1) is 16.7. The summed E-state index contributed by atoms with van der Waals surface area (Å²) >= 11 is 1.22. The molecule has 1 heterocycles. The largest absolute Gasteiger partial charge is 0.513 e. The summed E-state index contributed by atoms with van der Waals surface area (Å²) in [7, 11) is 0. The lowest BCUT2D eigenvalue weighted by molar-refractivity contribution is -0.139. The minimum absolute atomic E-state index is 0.00174. The number of halogens is 3. The average molecular weight is 497 g/mol. The van der Waals surface area contributed by atoms with Gasteiger partial charge in [-0.3, -0.25) is 0 Å². The first kappa shape index (κ1) is 24.5. The normalized spacial score (nSPS) is 12.3. The lowest BCUT2D eigenvalue weighted by Gasteiger charge is -2.15. The molecule has 35 heavy (non-hydrogen) atoms. The van der Waals surface area contributed by atoms with Crippen LogP contribution in [0.25, 0.3) is 22.4 Å². The van der Waals surface area contributed by atoms with Crippen LogP contribution in [0, 0.1) is 0 Å². The van der Waals surface area contributed by atoms with Crippen LogP contribution in [0.5, 0.6) is 5.75 Å². The molecule has 4 aromatic rings. The van der Waals surface area contributed by atoms with Crippen molar-refractivity contribution in [2.24, 2.45) is 5.73 Å². The lowest BCUT2D eigenvalue weighted by atomic mass is 10.0. The molecule has 0 radical (unpaired) electrons. The van der Waals surface area contributed by atoms with E-state index < -0.39 is 17.8 Å². The molecule has 0 amide bonds. The molecule has 0 fully saturated rings. The van der Waals surface area contributed by atoms with Gasteiger partial charge in [-0.1, -0.05) is 61.2 Å². The van der Waals surface area contributed by atoms with Crippen LogP contribution in [-0.4, -0.2) is 10.1 Å². The predicted octanol–water partition coefficient (Wildman–Crippen LogP) is 7.54. The summed E-state index contributed by atoms with van der Waals surface area (Å²) in [4.78, 5) is 4.35. The van der Waals surface area contributed by atoms with E-state index in [2.05, 4.69) is 11.6 Å². The number of ether oxygens (including phenoxy) is 1. The summed E-state index contributed by atoms with van der Waals surface area (Å²) in [5.74, 6) is -0.332. The Bertz CT molecular complexity index is 1300. The van der Waals surface area contributed by atoms with Crippen LogP contribution in [0.3, 0.4) is 0 Å². The fraction of sp³-hybridized carbons (Fsp3) is 0.148. The van der Waals surface area contributed by atoms with Crippen LogP contribution >= 0.6 is 11.3 Å². The molecule has 8 heteroatoms. The summed E-state index contributed by atoms with van der Waals surface area (Å²) in [6.45, 7) is 3.40. The summed E-state index contributed by atoms with van der Waals surface area (Å²) in [5, 5.41) is 11.5. The molecule has 0 aliphatic rings. The SMILES string of the molecule is C=C(O)C[C@H](N)c1nc(-c2ccc(OCc3ccc(-c4ccccc4)cc3)c(C(F)(F)F)c2)cs1. The molecule has 4 rings (SSSR count). The minimum atomic E-state index is -4.60. The second-order valence-electron chi connectivity index (χ2n) is 8.01. The van der Waals surface area contributed by atoms with Crippen molar-refractivity contribution in [1.29, 1.82) is 0 Å². The summed E-state index contributed by atoms with van der Waals surface area (Å²) in [5.41, 5.74) is 8.60. The highest BCUT2D eigenvalue weighted by atomic mass is 32.1. The summed E-state index contributed by atoms with van der Waals surface area (Å²) in [6, 6.07) is 20.6. The molecule has 0 saturated carbocycles. The molecule has 0 aliphatic heterocycles. The number of aliphatic hydroxyl groups excluding tert-OH is 1. The van der Waals surface area contributed by atoms with E-state index in [4.69, 9.17) is 10.5 Å². The number of hydrogen-bond donors (Lipinski definition) is 2. The van der Waals surface area contributed by atoms with Crippen LogP contribution in [0.4, 0.5) is 13.2 Å². The number of thiazole rings is 1. The molecule has 0 spiro atoms. The highest BCUT2D eigenvalue weighted by Gasteiger charge is 2.35. The number of hydrogen-bond acceptors (Lipinski definition) is 5. The molecule has 1 aromatic heterocycles. The Balaban J connectivity index is 1.52. The number of alkyl halides is 3. The predicted molar refractivity (Wildman–Crippen MR) is 132 cm³/mol. The minimum Gasteiger partial charge on any atom is -0.513 e. The third-order valence-corrected chi connectivity index (χ3v) is 6.31. The highest BCUT2D eigenvalue weighted by molar-refractivity contribution is 7.10. The van der Waals surface area contributed by atoms with Gasteiger partial charge in [0.2, 0.25) is 0 Å². The van der Waals surface area contributed by atoms with Crippen LogP contribution < -0.4 is 10.5 Å². The molecule has 3 N–H and O–H groups in total. The monoisotopic (exact) mass is 496 g/mol. The van der Waals surface area contributed by atoms with E-state index in [-0.39, 0.29) is 24.5 Å². The number of nitrogens with zero attached hydrogens (tertiary/aromatic N) is 1. The van der Waals surface area contributed by atoms with Gasteiger partial charge in [-0.05, 0) is 34.9 Å². The molecule has 3 aromatic carbocycles. The Labute approximate surface area is 205 Å². The maximum atomic E-state index is 13.8. The zero-order valence-corrected chi connectivity index (χ0v) is 19.4. The third-order valence-electron chi connectivity index (χ3n) is 5.33. The van der Waals surface area contributed by atoms with Crippen LogP contribution in [-0.2, 0) is 12.8 Å². The first-order valence-electron chi connectivity index (χ1n) is 10.8. The molecule has 4 nitrogen and oxygen atoms in total. The molecule has 180 valence electrons. The van der Waals surface area contributed by atoms with E-state index in [1.807, 2.05) is 54.6 Å².